The summed E-state index contributed by atoms with van der Waals surface area (Å²) in [5, 5.41) is 10.6. The Balaban J connectivity index is 1.69. The number of furan rings is 1. The molecule has 1 unspecified atom stereocenters. The Labute approximate surface area is 164 Å². The molecule has 0 fully saturated rings. The summed E-state index contributed by atoms with van der Waals surface area (Å²) in [4.78, 5) is 39.1. The van der Waals surface area contributed by atoms with Gasteiger partial charge in [-0.2, -0.15) is 0 Å². The fourth-order valence-electron chi connectivity index (χ4n) is 3.47. The summed E-state index contributed by atoms with van der Waals surface area (Å²) in [6, 6.07) is 14.5. The lowest BCUT2D eigenvalue weighted by Crippen LogP contribution is -2.32. The zero-order valence-electron chi connectivity index (χ0n) is 14.9. The van der Waals surface area contributed by atoms with Crippen LogP contribution in [-0.2, 0) is 4.79 Å². The lowest BCUT2D eigenvalue weighted by Gasteiger charge is -2.23. The second-order valence-electron chi connectivity index (χ2n) is 6.48. The van der Waals surface area contributed by atoms with Crippen molar-refractivity contribution in [1.82, 2.24) is 15.0 Å². The van der Waals surface area contributed by atoms with E-state index >= 15 is 0 Å². The first-order valence-electron chi connectivity index (χ1n) is 8.85. The summed E-state index contributed by atoms with van der Waals surface area (Å²) in [6.45, 7) is 0. The Morgan fingerprint density at radius 3 is 2.66 bits per heavy atom. The van der Waals surface area contributed by atoms with Crippen molar-refractivity contribution in [3.8, 4) is 0 Å². The van der Waals surface area contributed by atoms with E-state index in [-0.39, 0.29) is 17.3 Å². The molecule has 2 N–H and O–H groups in total. The SMILES string of the molecule is O=C(C1=C(O)C(=O)N(c2nc3ccccc3[nH]2)C1c1ccccn1)c1ccco1. The quantitative estimate of drug-likeness (QED) is 0.520. The average Bonchev–Trinajstić information content (AvgIpc) is 3.47. The number of aliphatic hydroxyl groups is 1. The number of fused-ring (bicyclic) bond motifs is 1. The summed E-state index contributed by atoms with van der Waals surface area (Å²) in [6.07, 6.45) is 2.91. The number of anilines is 1. The molecule has 1 aliphatic heterocycles. The highest BCUT2D eigenvalue weighted by Crippen LogP contribution is 2.40. The number of carbonyl (C=O) groups excluding carboxylic acids is 2. The van der Waals surface area contributed by atoms with Crippen molar-refractivity contribution in [2.45, 2.75) is 6.04 Å². The molecule has 0 bridgehead atoms. The number of carbonyl (C=O) groups is 2. The number of Topliss-reactive ketones (excluding diaryl/α,β-unsaturated/α-hetero) is 1. The van der Waals surface area contributed by atoms with Crippen LogP contribution in [0.5, 0.6) is 0 Å². The van der Waals surface area contributed by atoms with Crippen molar-refractivity contribution < 1.29 is 19.1 Å². The number of amides is 1. The molecule has 1 amide bonds. The molecular formula is C21H14N4O4. The topological polar surface area (TPSA) is 112 Å². The fourth-order valence-corrected chi connectivity index (χ4v) is 3.47. The zero-order chi connectivity index (χ0) is 20.0. The van der Waals surface area contributed by atoms with Crippen LogP contribution in [-0.4, -0.2) is 31.7 Å². The highest BCUT2D eigenvalue weighted by Gasteiger charge is 2.47. The zero-order valence-corrected chi connectivity index (χ0v) is 14.9. The van der Waals surface area contributed by atoms with Crippen LogP contribution < -0.4 is 4.90 Å². The number of imidazole rings is 1. The summed E-state index contributed by atoms with van der Waals surface area (Å²) in [7, 11) is 0. The maximum Gasteiger partial charge on any atom is 0.296 e. The van der Waals surface area contributed by atoms with Crippen molar-refractivity contribution >= 4 is 28.7 Å². The molecule has 4 heterocycles. The van der Waals surface area contributed by atoms with Gasteiger partial charge in [0.1, 0.15) is 6.04 Å². The number of nitrogens with zero attached hydrogens (tertiary/aromatic N) is 3. The van der Waals surface area contributed by atoms with E-state index in [4.69, 9.17) is 4.42 Å². The first kappa shape index (κ1) is 16.9. The minimum absolute atomic E-state index is 0.0201. The monoisotopic (exact) mass is 386 g/mol. The molecule has 1 aliphatic rings. The second-order valence-corrected chi connectivity index (χ2v) is 6.48. The number of aromatic amines is 1. The van der Waals surface area contributed by atoms with E-state index in [0.717, 1.165) is 5.52 Å². The third kappa shape index (κ3) is 2.61. The Morgan fingerprint density at radius 1 is 1.10 bits per heavy atom. The van der Waals surface area contributed by atoms with Crippen LogP contribution in [0, 0.1) is 0 Å². The molecule has 0 spiro atoms. The molecule has 1 aromatic carbocycles. The number of benzene rings is 1. The van der Waals surface area contributed by atoms with Crippen molar-refractivity contribution in [2.24, 2.45) is 0 Å². The molecule has 0 aliphatic carbocycles. The van der Waals surface area contributed by atoms with Crippen LogP contribution in [0.1, 0.15) is 22.3 Å². The van der Waals surface area contributed by atoms with Crippen LogP contribution in [0.4, 0.5) is 5.95 Å². The van der Waals surface area contributed by atoms with Crippen LogP contribution in [0.2, 0.25) is 0 Å². The number of pyridine rings is 1. The number of hydrogen-bond acceptors (Lipinski definition) is 6. The minimum Gasteiger partial charge on any atom is -0.503 e. The van der Waals surface area contributed by atoms with E-state index in [1.807, 2.05) is 18.2 Å². The lowest BCUT2D eigenvalue weighted by molar-refractivity contribution is -0.117. The highest BCUT2D eigenvalue weighted by atomic mass is 16.3. The van der Waals surface area contributed by atoms with Gasteiger partial charge in [0.25, 0.3) is 5.91 Å². The predicted octanol–water partition coefficient (Wildman–Crippen LogP) is 3.33. The van der Waals surface area contributed by atoms with Gasteiger partial charge in [-0.15, -0.1) is 0 Å². The second kappa shape index (κ2) is 6.45. The Kier molecular flexibility index (Phi) is 3.77. The molecule has 0 radical (unpaired) electrons. The number of rotatable bonds is 4. The maximum absolute atomic E-state index is 13.0. The standard InChI is InChI=1S/C21H14N4O4/c26-18(15-9-5-11-29-15)16-17(14-8-3-4-10-22-14)25(20(28)19(16)27)21-23-12-6-1-2-7-13(12)24-21/h1-11,17,27H,(H,23,24). The molecule has 8 heteroatoms. The Morgan fingerprint density at radius 2 is 1.93 bits per heavy atom. The number of nitrogens with one attached hydrogen (secondary N) is 1. The first-order chi connectivity index (χ1) is 14.1. The number of H-pyrrole nitrogens is 1. The van der Waals surface area contributed by atoms with Gasteiger partial charge in [-0.05, 0) is 36.4 Å². The molecule has 5 rings (SSSR count). The number of ketones is 1. The summed E-state index contributed by atoms with van der Waals surface area (Å²) >= 11 is 0. The molecule has 0 saturated heterocycles. The molecule has 8 nitrogen and oxygen atoms in total. The largest absolute Gasteiger partial charge is 0.503 e. The number of aliphatic hydroxyl groups excluding tert-OH is 1. The van der Waals surface area contributed by atoms with Gasteiger partial charge in [0, 0.05) is 6.20 Å². The van der Waals surface area contributed by atoms with Crippen molar-refractivity contribution in [2.75, 3.05) is 4.90 Å². The van der Waals surface area contributed by atoms with Crippen LogP contribution in [0.25, 0.3) is 11.0 Å². The van der Waals surface area contributed by atoms with Gasteiger partial charge >= 0.3 is 0 Å². The van der Waals surface area contributed by atoms with Gasteiger partial charge in [0.05, 0.1) is 28.6 Å². The van der Waals surface area contributed by atoms with Gasteiger partial charge in [-0.3, -0.25) is 19.5 Å². The summed E-state index contributed by atoms with van der Waals surface area (Å²) in [5.41, 5.74) is 1.69. The van der Waals surface area contributed by atoms with E-state index in [2.05, 4.69) is 15.0 Å². The van der Waals surface area contributed by atoms with E-state index in [1.54, 1.807) is 36.5 Å². The third-order valence-electron chi connectivity index (χ3n) is 4.77. The normalized spacial score (nSPS) is 16.8. The van der Waals surface area contributed by atoms with Crippen molar-refractivity contribution in [1.29, 1.82) is 0 Å². The van der Waals surface area contributed by atoms with Crippen LogP contribution >= 0.6 is 0 Å². The highest BCUT2D eigenvalue weighted by molar-refractivity contribution is 6.19. The van der Waals surface area contributed by atoms with E-state index in [0.29, 0.717) is 11.2 Å². The summed E-state index contributed by atoms with van der Waals surface area (Å²) < 4.78 is 5.20. The molecule has 0 saturated carbocycles. The number of hydrogen-bond donors (Lipinski definition) is 2. The Bertz CT molecular complexity index is 1230. The fraction of sp³-hybridized carbons (Fsp3) is 0.0476. The van der Waals surface area contributed by atoms with Crippen LogP contribution in [0.15, 0.2) is 82.8 Å². The van der Waals surface area contributed by atoms with Gasteiger partial charge in [0.15, 0.2) is 11.5 Å². The molecule has 142 valence electrons. The summed E-state index contributed by atoms with van der Waals surface area (Å²) in [5.74, 6) is -1.75. The first-order valence-corrected chi connectivity index (χ1v) is 8.85. The van der Waals surface area contributed by atoms with E-state index in [1.165, 1.54) is 17.2 Å². The minimum atomic E-state index is -0.957. The molecule has 29 heavy (non-hydrogen) atoms. The molecule has 1 atom stereocenters. The number of para-hydroxylation sites is 2. The smallest absolute Gasteiger partial charge is 0.296 e. The lowest BCUT2D eigenvalue weighted by atomic mass is 9.98. The molecule has 3 aromatic heterocycles. The predicted molar refractivity (Wildman–Crippen MR) is 103 cm³/mol. The van der Waals surface area contributed by atoms with E-state index in [9.17, 15) is 14.7 Å². The third-order valence-corrected chi connectivity index (χ3v) is 4.77. The van der Waals surface area contributed by atoms with Crippen LogP contribution in [0.3, 0.4) is 0 Å². The van der Waals surface area contributed by atoms with Gasteiger partial charge in [-0.25, -0.2) is 4.98 Å². The Hall–Kier alpha value is -4.20. The molecular weight excluding hydrogens is 372 g/mol. The van der Waals surface area contributed by atoms with Gasteiger partial charge in [0.2, 0.25) is 11.7 Å². The van der Waals surface area contributed by atoms with Gasteiger partial charge < -0.3 is 14.5 Å². The number of aromatic nitrogens is 3. The molecule has 4 aromatic rings. The maximum atomic E-state index is 13.0. The van der Waals surface area contributed by atoms with Crippen molar-refractivity contribution in [3.63, 3.8) is 0 Å². The van der Waals surface area contributed by atoms with Gasteiger partial charge in [-0.1, -0.05) is 18.2 Å². The van der Waals surface area contributed by atoms with E-state index < -0.39 is 23.5 Å². The van der Waals surface area contributed by atoms with Crippen molar-refractivity contribution in [3.05, 3.63) is 89.8 Å². The average molecular weight is 386 g/mol.